The summed E-state index contributed by atoms with van der Waals surface area (Å²) in [5, 5.41) is 3.82. The van der Waals surface area contributed by atoms with Gasteiger partial charge < -0.3 is 71.3 Å². The van der Waals surface area contributed by atoms with Crippen molar-refractivity contribution in [1.82, 2.24) is 19.9 Å². The fourth-order valence-corrected chi connectivity index (χ4v) is 16.6. The molecule has 20 heteroatoms. The predicted molar refractivity (Wildman–Crippen MR) is 375 cm³/mol. The lowest BCUT2D eigenvalue weighted by molar-refractivity contribution is -0.148. The topological polar surface area (TPSA) is 325 Å². The van der Waals surface area contributed by atoms with Gasteiger partial charge in [0.25, 0.3) is 0 Å². The Morgan fingerprint density at radius 3 is 0.909 bits per heavy atom. The first kappa shape index (κ1) is 67.7. The van der Waals surface area contributed by atoms with Gasteiger partial charge in [0.05, 0.1) is 50.8 Å². The molecule has 13 rings (SSSR count). The molecule has 14 atom stereocenters. The molecule has 3 aliphatic rings. The second kappa shape index (κ2) is 30.9. The lowest BCUT2D eigenvalue weighted by atomic mass is 9.73. The second-order valence-electron chi connectivity index (χ2n) is 27.5. The molecule has 514 valence electrons. The van der Waals surface area contributed by atoms with E-state index in [0.717, 1.165) is 65.9 Å². The molecule has 0 saturated heterocycles. The highest BCUT2D eigenvalue weighted by Crippen LogP contribution is 2.57. The Hall–Kier alpha value is -9.86. The Morgan fingerprint density at radius 2 is 0.606 bits per heavy atom. The zero-order chi connectivity index (χ0) is 68.5. The van der Waals surface area contributed by atoms with E-state index < -0.39 is 71.8 Å². The highest BCUT2D eigenvalue weighted by atomic mass is 16.6. The monoisotopic (exact) mass is 1340 g/mol. The molecule has 4 aromatic heterocycles. The smallest absolute Gasteiger partial charge is 0.338 e. The molecule has 10 aromatic rings. The molecule has 3 saturated carbocycles. The molecular formula is C79H86N8O12. The van der Waals surface area contributed by atoms with Crippen molar-refractivity contribution < 1.29 is 57.2 Å². The van der Waals surface area contributed by atoms with E-state index in [9.17, 15) is 28.8 Å². The van der Waals surface area contributed by atoms with Crippen molar-refractivity contribution in [2.24, 2.45) is 82.1 Å². The number of nitrogens with one attached hydrogen (secondary N) is 4. The molecule has 0 aliphatic heterocycles. The maximum absolute atomic E-state index is 14.3. The maximum Gasteiger partial charge on any atom is 0.338 e. The van der Waals surface area contributed by atoms with E-state index in [0.29, 0.717) is 43.2 Å². The molecule has 3 fully saturated rings. The van der Waals surface area contributed by atoms with Crippen molar-refractivity contribution in [3.05, 3.63) is 216 Å². The fourth-order valence-electron chi connectivity index (χ4n) is 16.6. The van der Waals surface area contributed by atoms with Gasteiger partial charge in [0, 0.05) is 106 Å². The van der Waals surface area contributed by atoms with Gasteiger partial charge >= 0.3 is 35.8 Å². The third kappa shape index (κ3) is 15.5. The van der Waals surface area contributed by atoms with E-state index in [1.54, 1.807) is 48.5 Å². The van der Waals surface area contributed by atoms with Crippen LogP contribution in [0.3, 0.4) is 0 Å². The van der Waals surface area contributed by atoms with Gasteiger partial charge in [0.1, 0.15) is 24.2 Å². The zero-order valence-corrected chi connectivity index (χ0v) is 55.2. The van der Waals surface area contributed by atoms with Gasteiger partial charge in [-0.3, -0.25) is 19.2 Å². The molecule has 0 spiro atoms. The summed E-state index contributed by atoms with van der Waals surface area (Å²) in [6, 6.07) is 44.7. The number of hydrogen-bond acceptors (Lipinski definition) is 16. The van der Waals surface area contributed by atoms with Crippen LogP contribution >= 0.6 is 0 Å². The number of rotatable bonds is 28. The van der Waals surface area contributed by atoms with E-state index in [2.05, 4.69) is 19.9 Å². The van der Waals surface area contributed by atoms with E-state index in [1.165, 1.54) is 0 Å². The molecule has 0 radical (unpaired) electrons. The summed E-state index contributed by atoms with van der Waals surface area (Å²) < 4.78 is 37.7. The van der Waals surface area contributed by atoms with Gasteiger partial charge in [-0.05, 0) is 150 Å². The van der Waals surface area contributed by atoms with Crippen LogP contribution in [0.25, 0.3) is 43.6 Å². The highest BCUT2D eigenvalue weighted by Gasteiger charge is 2.54. The standard InChI is InChI=1S/C79H86N8O12/c80-64(32-50-36-84-68-23-11-7-19-58(50)68)76(90)94-40-54-30-56(42-96-78(92)66(82)34-52-38-86-70-25-13-9-21-60(52)70)72(62(54)44-98-74(88)46-15-3-1-4-16-46)48-27-28-49(29-48)73-57(43-97-79(93)67(83)35-53-39-87-71-26-14-10-22-61(53)71)31-55(63(73)45-99-75(89)47-17-5-2-6-18-47)41-95-77(91)65(81)33-51-37-85-69-24-12-8-20-59(51)69/h1-26,36-39,48-49,54-57,62-67,72-73,84-87H,27-35,40-45,80-83H2/t48-,49+,54+,55-,56-,57+,62-,63+,64-,65-,66-,67-,72-,73+/m0/s1. The normalized spacial score (nSPS) is 22.6. The minimum Gasteiger partial charge on any atom is -0.464 e. The summed E-state index contributed by atoms with van der Waals surface area (Å²) in [6.45, 7) is -0.219. The predicted octanol–water partition coefficient (Wildman–Crippen LogP) is 10.2. The molecule has 4 heterocycles. The Morgan fingerprint density at radius 1 is 0.333 bits per heavy atom. The van der Waals surface area contributed by atoms with Crippen LogP contribution in [-0.4, -0.2) is 120 Å². The number of carbonyl (C=O) groups is 6. The van der Waals surface area contributed by atoms with Gasteiger partial charge in [0.15, 0.2) is 0 Å². The summed E-state index contributed by atoms with van der Waals surface area (Å²) in [5.74, 6) is -6.34. The number of H-pyrrole nitrogens is 4. The first-order valence-electron chi connectivity index (χ1n) is 34.5. The minimum absolute atomic E-state index is 0.0192. The van der Waals surface area contributed by atoms with E-state index in [1.807, 2.05) is 134 Å². The Kier molecular flexibility index (Phi) is 21.1. The molecule has 99 heavy (non-hydrogen) atoms. The van der Waals surface area contributed by atoms with Crippen molar-refractivity contribution in [3.8, 4) is 0 Å². The van der Waals surface area contributed by atoms with Crippen molar-refractivity contribution in [3.63, 3.8) is 0 Å². The number of ether oxygens (including phenoxy) is 6. The van der Waals surface area contributed by atoms with Crippen LogP contribution in [0, 0.1) is 59.2 Å². The van der Waals surface area contributed by atoms with Crippen LogP contribution in [-0.2, 0) is 73.3 Å². The number of hydrogen-bond donors (Lipinski definition) is 8. The summed E-state index contributed by atoms with van der Waals surface area (Å²) >= 11 is 0. The lowest BCUT2D eigenvalue weighted by Gasteiger charge is -2.34. The van der Waals surface area contributed by atoms with Gasteiger partial charge in [0.2, 0.25) is 0 Å². The average molecular weight is 1340 g/mol. The lowest BCUT2D eigenvalue weighted by Crippen LogP contribution is -2.38. The Labute approximate surface area is 573 Å². The van der Waals surface area contributed by atoms with Crippen LogP contribution in [0.2, 0.25) is 0 Å². The number of aromatic nitrogens is 4. The summed E-state index contributed by atoms with van der Waals surface area (Å²) in [7, 11) is 0. The van der Waals surface area contributed by atoms with E-state index in [-0.39, 0.29) is 113 Å². The summed E-state index contributed by atoms with van der Waals surface area (Å²) in [6.07, 6.45) is 11.2. The van der Waals surface area contributed by atoms with Gasteiger partial charge in [-0.2, -0.15) is 0 Å². The largest absolute Gasteiger partial charge is 0.464 e. The Balaban J connectivity index is 0.799. The molecule has 20 nitrogen and oxygen atoms in total. The van der Waals surface area contributed by atoms with Crippen LogP contribution in [0.1, 0.15) is 75.1 Å². The Bertz CT molecular complexity index is 4170. The van der Waals surface area contributed by atoms with Crippen LogP contribution in [0.4, 0.5) is 0 Å². The fraction of sp³-hybridized carbons (Fsp3) is 0.367. The number of esters is 6. The van der Waals surface area contributed by atoms with Gasteiger partial charge in [-0.1, -0.05) is 109 Å². The van der Waals surface area contributed by atoms with Crippen LogP contribution in [0.15, 0.2) is 183 Å². The summed E-state index contributed by atoms with van der Waals surface area (Å²) in [5.41, 5.74) is 34.7. The van der Waals surface area contributed by atoms with Crippen LogP contribution in [0.5, 0.6) is 0 Å². The first-order valence-corrected chi connectivity index (χ1v) is 34.5. The average Bonchev–Trinajstić information content (AvgIpc) is 1.62. The molecule has 6 aromatic carbocycles. The number of fused-ring (bicyclic) bond motifs is 4. The number of para-hydroxylation sites is 4. The molecule has 0 bridgehead atoms. The number of nitrogens with two attached hydrogens (primary N) is 4. The van der Waals surface area contributed by atoms with E-state index in [4.69, 9.17) is 51.4 Å². The number of aromatic amines is 4. The third-order valence-corrected chi connectivity index (χ3v) is 21.4. The number of benzene rings is 6. The summed E-state index contributed by atoms with van der Waals surface area (Å²) in [4.78, 5) is 98.0. The molecule has 12 N–H and O–H groups in total. The minimum atomic E-state index is -0.996. The molecular weight excluding hydrogens is 1250 g/mol. The van der Waals surface area contributed by atoms with Crippen molar-refractivity contribution >= 4 is 79.4 Å². The zero-order valence-electron chi connectivity index (χ0n) is 55.2. The second-order valence-corrected chi connectivity index (χ2v) is 27.5. The van der Waals surface area contributed by atoms with Crippen molar-refractivity contribution in [2.45, 2.75) is 82.0 Å². The van der Waals surface area contributed by atoms with Gasteiger partial charge in [-0.15, -0.1) is 0 Å². The SMILES string of the molecule is N[C@@H](Cc1c[nH]c2ccccc12)C(=O)OC[C@@H]1C[C@H](COC(=O)[C@@H](N)Cc2c[nH]c3ccccc23)[C@@H]([C@@H]2CC[C@H]([C@H]3[C@H](COC(=O)[C@@H](N)Cc4c[nH]c5ccccc45)C[C@H](COC(=O)[C@@H](N)Cc4c[nH]c5ccccc45)[C@@H]3COC(=O)c3ccccc3)C2)[C@@H]1COC(=O)c1ccccc1. The van der Waals surface area contributed by atoms with Gasteiger partial charge in [-0.25, -0.2) is 9.59 Å². The number of carbonyl (C=O) groups excluding carboxylic acids is 6. The molecule has 0 unspecified atom stereocenters. The first-order chi connectivity index (χ1) is 48.2. The third-order valence-electron chi connectivity index (χ3n) is 21.4. The quantitative estimate of drug-likeness (QED) is 0.0167. The van der Waals surface area contributed by atoms with Crippen molar-refractivity contribution in [2.75, 3.05) is 39.6 Å². The van der Waals surface area contributed by atoms with Crippen LogP contribution < -0.4 is 22.9 Å². The van der Waals surface area contributed by atoms with Crippen molar-refractivity contribution in [1.29, 1.82) is 0 Å². The molecule has 3 aliphatic carbocycles. The highest BCUT2D eigenvalue weighted by molar-refractivity contribution is 5.91. The van der Waals surface area contributed by atoms with E-state index >= 15 is 0 Å². The maximum atomic E-state index is 14.3. The molecule has 0 amide bonds.